The Hall–Kier alpha value is -1.66. The fraction of sp³-hybridized carbons (Fsp3) is 0.133. The number of methoxy groups -OCH3 is 1. The second-order valence-corrected chi connectivity index (χ2v) is 6.12. The summed E-state index contributed by atoms with van der Waals surface area (Å²) in [5.41, 5.74) is 1.86. The van der Waals surface area contributed by atoms with Gasteiger partial charge < -0.3 is 4.74 Å². The van der Waals surface area contributed by atoms with Gasteiger partial charge in [0, 0.05) is 21.1 Å². The van der Waals surface area contributed by atoms with E-state index in [-0.39, 0.29) is 0 Å². The number of carbonyl (C=O) groups excluding carboxylic acids is 2. The second kappa shape index (κ2) is 6.87. The van der Waals surface area contributed by atoms with Crippen LogP contribution in [0.5, 0.6) is 0 Å². The molecule has 0 N–H and O–H groups in total. The fourth-order valence-electron chi connectivity index (χ4n) is 1.82. The van der Waals surface area contributed by atoms with Crippen molar-refractivity contribution in [1.82, 2.24) is 4.98 Å². The largest absolute Gasteiger partial charge is 0.465 e. The minimum absolute atomic E-state index is 0.379. The lowest BCUT2D eigenvalue weighted by atomic mass is 10.1. The average molecular weight is 366 g/mol. The number of aromatic nitrogens is 1. The molecule has 0 bridgehead atoms. The van der Waals surface area contributed by atoms with Crippen LogP contribution in [0.4, 0.5) is 0 Å². The molecule has 0 atom stereocenters. The first-order valence-corrected chi connectivity index (χ1v) is 7.64. The summed E-state index contributed by atoms with van der Waals surface area (Å²) in [4.78, 5) is 28.0. The summed E-state index contributed by atoms with van der Waals surface area (Å²) in [6.07, 6.45) is 2.39. The van der Waals surface area contributed by atoms with Crippen molar-refractivity contribution in [3.05, 3.63) is 51.6 Å². The molecular weight excluding hydrogens is 354 g/mol. The van der Waals surface area contributed by atoms with Gasteiger partial charge in [-0.3, -0.25) is 4.79 Å². The van der Waals surface area contributed by atoms with Gasteiger partial charge in [-0.1, -0.05) is 27.7 Å². The molecule has 2 aromatic rings. The van der Waals surface area contributed by atoms with E-state index in [0.717, 1.165) is 21.2 Å². The van der Waals surface area contributed by atoms with Crippen molar-refractivity contribution in [2.24, 2.45) is 0 Å². The van der Waals surface area contributed by atoms with Crippen LogP contribution in [0.15, 0.2) is 44.9 Å². The van der Waals surface area contributed by atoms with Crippen molar-refractivity contribution in [2.45, 2.75) is 16.8 Å². The molecule has 0 fully saturated rings. The van der Waals surface area contributed by atoms with E-state index in [4.69, 9.17) is 4.74 Å². The molecule has 1 heterocycles. The van der Waals surface area contributed by atoms with Crippen LogP contribution in [0.25, 0.3) is 0 Å². The number of rotatable bonds is 4. The molecule has 1 aromatic carbocycles. The van der Waals surface area contributed by atoms with Crippen molar-refractivity contribution in [1.29, 1.82) is 0 Å². The molecule has 0 aliphatic rings. The topological polar surface area (TPSA) is 56.3 Å². The average Bonchev–Trinajstić information content (AvgIpc) is 2.49. The SMILES string of the molecule is COC(=O)c1cccnc1Sc1c(C)cc(Br)cc1C=O. The number of benzene rings is 1. The Morgan fingerprint density at radius 2 is 2.19 bits per heavy atom. The van der Waals surface area contributed by atoms with Gasteiger partial charge in [0.1, 0.15) is 5.03 Å². The third-order valence-corrected chi connectivity index (χ3v) is 4.51. The lowest BCUT2D eigenvalue weighted by molar-refractivity contribution is 0.0595. The first-order chi connectivity index (χ1) is 10.1. The normalized spacial score (nSPS) is 10.2. The van der Waals surface area contributed by atoms with Crippen LogP contribution in [-0.4, -0.2) is 24.3 Å². The molecule has 0 unspecified atom stereocenters. The fourth-order valence-corrected chi connectivity index (χ4v) is 3.42. The molecule has 0 radical (unpaired) electrons. The third kappa shape index (κ3) is 3.51. The third-order valence-electron chi connectivity index (χ3n) is 2.77. The molecule has 2 rings (SSSR count). The second-order valence-electron chi connectivity index (χ2n) is 4.21. The first-order valence-electron chi connectivity index (χ1n) is 6.03. The van der Waals surface area contributed by atoms with Crippen LogP contribution >= 0.6 is 27.7 Å². The number of aryl methyl sites for hydroxylation is 1. The minimum atomic E-state index is -0.451. The minimum Gasteiger partial charge on any atom is -0.465 e. The Morgan fingerprint density at radius 3 is 2.86 bits per heavy atom. The maximum Gasteiger partial charge on any atom is 0.340 e. The van der Waals surface area contributed by atoms with Crippen molar-refractivity contribution >= 4 is 39.9 Å². The van der Waals surface area contributed by atoms with Gasteiger partial charge in [0.05, 0.1) is 12.7 Å². The number of hydrogen-bond acceptors (Lipinski definition) is 5. The standard InChI is InChI=1S/C15H12BrNO3S/c1-9-6-11(16)7-10(8-18)13(9)21-14-12(15(19)20-2)4-3-5-17-14/h3-8H,1-2H3. The van der Waals surface area contributed by atoms with E-state index in [1.54, 1.807) is 24.4 Å². The quantitative estimate of drug-likeness (QED) is 0.607. The number of aldehydes is 1. The Bertz CT molecular complexity index is 703. The van der Waals surface area contributed by atoms with Crippen LogP contribution in [0.3, 0.4) is 0 Å². The van der Waals surface area contributed by atoms with Gasteiger partial charge >= 0.3 is 5.97 Å². The van der Waals surface area contributed by atoms with Crippen LogP contribution in [-0.2, 0) is 4.74 Å². The van der Waals surface area contributed by atoms with E-state index < -0.39 is 5.97 Å². The summed E-state index contributed by atoms with van der Waals surface area (Å²) in [7, 11) is 1.32. The van der Waals surface area contributed by atoms with Gasteiger partial charge in [-0.2, -0.15) is 0 Å². The summed E-state index contributed by atoms with van der Waals surface area (Å²) in [6, 6.07) is 6.97. The molecule has 1 aromatic heterocycles. The highest BCUT2D eigenvalue weighted by atomic mass is 79.9. The van der Waals surface area contributed by atoms with Crippen LogP contribution in [0.1, 0.15) is 26.3 Å². The van der Waals surface area contributed by atoms with E-state index in [9.17, 15) is 9.59 Å². The number of halogens is 1. The Kier molecular flexibility index (Phi) is 5.14. The first kappa shape index (κ1) is 15.7. The number of pyridine rings is 1. The van der Waals surface area contributed by atoms with Crippen molar-refractivity contribution < 1.29 is 14.3 Å². The highest BCUT2D eigenvalue weighted by Crippen LogP contribution is 2.35. The van der Waals surface area contributed by atoms with Gasteiger partial charge in [0.2, 0.25) is 0 Å². The lowest BCUT2D eigenvalue weighted by Gasteiger charge is -2.11. The maximum atomic E-state index is 11.8. The van der Waals surface area contributed by atoms with Gasteiger partial charge in [0.25, 0.3) is 0 Å². The summed E-state index contributed by atoms with van der Waals surface area (Å²) in [6.45, 7) is 1.90. The molecule has 4 nitrogen and oxygen atoms in total. The highest BCUT2D eigenvalue weighted by Gasteiger charge is 2.16. The molecule has 108 valence electrons. The van der Waals surface area contributed by atoms with Crippen LogP contribution in [0, 0.1) is 6.92 Å². The van der Waals surface area contributed by atoms with E-state index >= 15 is 0 Å². The highest BCUT2D eigenvalue weighted by molar-refractivity contribution is 9.10. The molecule has 0 amide bonds. The molecular formula is C15H12BrNO3S. The van der Waals surface area contributed by atoms with Gasteiger partial charge in [-0.25, -0.2) is 9.78 Å². The Morgan fingerprint density at radius 1 is 1.43 bits per heavy atom. The predicted molar refractivity (Wildman–Crippen MR) is 84.0 cm³/mol. The van der Waals surface area contributed by atoms with E-state index in [2.05, 4.69) is 20.9 Å². The molecule has 21 heavy (non-hydrogen) atoms. The predicted octanol–water partition coefficient (Wildman–Crippen LogP) is 3.90. The Balaban J connectivity index is 2.48. The summed E-state index contributed by atoms with van der Waals surface area (Å²) < 4.78 is 5.59. The van der Waals surface area contributed by atoms with E-state index in [1.807, 2.05) is 13.0 Å². The monoisotopic (exact) mass is 365 g/mol. The zero-order chi connectivity index (χ0) is 15.4. The zero-order valence-corrected chi connectivity index (χ0v) is 13.8. The molecule has 0 aliphatic heterocycles. The van der Waals surface area contributed by atoms with Gasteiger partial charge in [-0.15, -0.1) is 0 Å². The molecule has 0 spiro atoms. The van der Waals surface area contributed by atoms with Gasteiger partial charge in [-0.05, 0) is 36.8 Å². The summed E-state index contributed by atoms with van der Waals surface area (Å²) in [5, 5.41) is 0.512. The summed E-state index contributed by atoms with van der Waals surface area (Å²) in [5.74, 6) is -0.451. The van der Waals surface area contributed by atoms with E-state index in [0.29, 0.717) is 16.2 Å². The number of nitrogens with zero attached hydrogens (tertiary/aromatic N) is 1. The number of ether oxygens (including phenoxy) is 1. The molecule has 0 saturated heterocycles. The van der Waals surface area contributed by atoms with Crippen LogP contribution < -0.4 is 0 Å². The Labute approximate surface area is 135 Å². The van der Waals surface area contributed by atoms with Crippen LogP contribution in [0.2, 0.25) is 0 Å². The smallest absolute Gasteiger partial charge is 0.340 e. The lowest BCUT2D eigenvalue weighted by Crippen LogP contribution is -2.04. The van der Waals surface area contributed by atoms with E-state index in [1.165, 1.54) is 18.9 Å². The summed E-state index contributed by atoms with van der Waals surface area (Å²) >= 11 is 4.64. The molecule has 6 heteroatoms. The zero-order valence-electron chi connectivity index (χ0n) is 11.4. The van der Waals surface area contributed by atoms with Crippen molar-refractivity contribution in [3.63, 3.8) is 0 Å². The number of hydrogen-bond donors (Lipinski definition) is 0. The number of carbonyl (C=O) groups is 2. The van der Waals surface area contributed by atoms with Crippen molar-refractivity contribution in [2.75, 3.05) is 7.11 Å². The molecule has 0 aliphatic carbocycles. The molecule has 0 saturated carbocycles. The van der Waals surface area contributed by atoms with Crippen molar-refractivity contribution in [3.8, 4) is 0 Å². The number of esters is 1. The maximum absolute atomic E-state index is 11.8. The van der Waals surface area contributed by atoms with Gasteiger partial charge in [0.15, 0.2) is 6.29 Å².